The maximum atomic E-state index is 13.1. The number of amides is 4. The van der Waals surface area contributed by atoms with Gasteiger partial charge in [0.1, 0.15) is 6.04 Å². The Balaban J connectivity index is 1.59. The van der Waals surface area contributed by atoms with Crippen LogP contribution in [0.5, 0.6) is 0 Å². The summed E-state index contributed by atoms with van der Waals surface area (Å²) in [6.07, 6.45) is 1.00. The lowest BCUT2D eigenvalue weighted by Crippen LogP contribution is -2.54. The molecule has 0 radical (unpaired) electrons. The fourth-order valence-corrected chi connectivity index (χ4v) is 3.99. The number of hydrogen-bond donors (Lipinski definition) is 3. The van der Waals surface area contributed by atoms with E-state index in [4.69, 9.17) is 10.5 Å². The van der Waals surface area contributed by atoms with Crippen LogP contribution in [0.25, 0.3) is 0 Å². The van der Waals surface area contributed by atoms with Crippen molar-refractivity contribution in [2.45, 2.75) is 37.4 Å². The number of benzene rings is 1. The van der Waals surface area contributed by atoms with E-state index in [1.807, 2.05) is 0 Å². The van der Waals surface area contributed by atoms with Crippen LogP contribution in [0.2, 0.25) is 0 Å². The molecule has 0 aliphatic carbocycles. The molecule has 1 aromatic rings. The van der Waals surface area contributed by atoms with Crippen LogP contribution in [0.1, 0.15) is 45.5 Å². The summed E-state index contributed by atoms with van der Waals surface area (Å²) >= 11 is 0. The van der Waals surface area contributed by atoms with Gasteiger partial charge in [-0.1, -0.05) is 12.1 Å². The normalized spacial score (nSPS) is 27.3. The third-order valence-corrected chi connectivity index (χ3v) is 5.70. The summed E-state index contributed by atoms with van der Waals surface area (Å²) in [6, 6.07) is 4.12. The minimum absolute atomic E-state index is 0.0945. The monoisotopic (exact) mass is 386 g/mol. The van der Waals surface area contributed by atoms with Crippen LogP contribution in [0.15, 0.2) is 18.2 Å². The van der Waals surface area contributed by atoms with E-state index in [9.17, 15) is 19.2 Å². The molecular weight excluding hydrogens is 364 g/mol. The molecule has 3 heterocycles. The fourth-order valence-electron chi connectivity index (χ4n) is 3.99. The van der Waals surface area contributed by atoms with Crippen molar-refractivity contribution in [2.75, 3.05) is 19.8 Å². The Bertz CT molecular complexity index is 862. The lowest BCUT2D eigenvalue weighted by molar-refractivity contribution is -0.136. The Morgan fingerprint density at radius 2 is 2.07 bits per heavy atom. The summed E-state index contributed by atoms with van der Waals surface area (Å²) in [6.45, 7) is 1.87. The Kier molecular flexibility index (Phi) is 4.74. The van der Waals surface area contributed by atoms with Crippen LogP contribution in [0.4, 0.5) is 0 Å². The van der Waals surface area contributed by atoms with Crippen molar-refractivity contribution in [3.05, 3.63) is 34.9 Å². The van der Waals surface area contributed by atoms with Crippen molar-refractivity contribution < 1.29 is 23.9 Å². The smallest absolute Gasteiger partial charge is 0.262 e. The van der Waals surface area contributed by atoms with E-state index < -0.39 is 29.7 Å². The second-order valence-corrected chi connectivity index (χ2v) is 7.43. The minimum atomic E-state index is -0.968. The number of rotatable bonds is 5. The second kappa shape index (κ2) is 7.08. The molecule has 0 bridgehead atoms. The highest BCUT2D eigenvalue weighted by Crippen LogP contribution is 2.30. The summed E-state index contributed by atoms with van der Waals surface area (Å²) in [5, 5.41) is 5.58. The third-order valence-electron chi connectivity index (χ3n) is 5.70. The van der Waals surface area contributed by atoms with Crippen molar-refractivity contribution in [3.63, 3.8) is 0 Å². The zero-order chi connectivity index (χ0) is 19.9. The number of carbonyl (C=O) groups is 4. The molecule has 4 N–H and O–H groups in total. The topological polar surface area (TPSA) is 131 Å². The number of nitrogens with one attached hydrogen (secondary N) is 2. The van der Waals surface area contributed by atoms with E-state index in [-0.39, 0.29) is 23.9 Å². The highest BCUT2D eigenvalue weighted by molar-refractivity contribution is 6.24. The molecule has 0 aromatic heterocycles. The Labute approximate surface area is 161 Å². The van der Waals surface area contributed by atoms with Crippen LogP contribution in [-0.4, -0.2) is 59.9 Å². The van der Waals surface area contributed by atoms with Gasteiger partial charge in [-0.3, -0.25) is 29.4 Å². The van der Waals surface area contributed by atoms with Crippen LogP contribution < -0.4 is 16.4 Å². The van der Waals surface area contributed by atoms with E-state index in [1.165, 1.54) is 0 Å². The molecule has 0 saturated carbocycles. The number of carbonyl (C=O) groups excluding carboxylic acids is 4. The molecule has 2 fully saturated rings. The molecule has 2 saturated heterocycles. The molecule has 9 nitrogen and oxygen atoms in total. The number of hydrogen-bond acceptors (Lipinski definition) is 7. The Morgan fingerprint density at radius 3 is 2.75 bits per heavy atom. The average Bonchev–Trinajstić information content (AvgIpc) is 3.26. The molecule has 9 heteroatoms. The molecule has 3 aliphatic rings. The molecule has 4 rings (SSSR count). The van der Waals surface area contributed by atoms with Crippen LogP contribution in [0.3, 0.4) is 0 Å². The van der Waals surface area contributed by atoms with E-state index in [0.29, 0.717) is 37.4 Å². The summed E-state index contributed by atoms with van der Waals surface area (Å²) in [5.74, 6) is -2.02. The third kappa shape index (κ3) is 3.01. The standard InChI is InChI=1S/C19H22N4O5/c20-9-19(6-7-28-10-19)21-8-11-2-1-3-12-15(11)18(27)23(17(12)26)13-4-5-14(24)22-16(13)25/h1-3,13,21H,4-10,20H2,(H,22,24,25). The first-order valence-corrected chi connectivity index (χ1v) is 9.32. The van der Waals surface area contributed by atoms with Crippen LogP contribution in [0, 0.1) is 0 Å². The zero-order valence-corrected chi connectivity index (χ0v) is 15.3. The lowest BCUT2D eigenvalue weighted by Gasteiger charge is -2.28. The maximum Gasteiger partial charge on any atom is 0.262 e. The van der Waals surface area contributed by atoms with E-state index >= 15 is 0 Å². The average molecular weight is 386 g/mol. The van der Waals surface area contributed by atoms with Gasteiger partial charge < -0.3 is 15.8 Å². The molecule has 2 unspecified atom stereocenters. The molecule has 2 atom stereocenters. The quantitative estimate of drug-likeness (QED) is 0.570. The number of piperidine rings is 1. The van der Waals surface area contributed by atoms with Gasteiger partial charge in [0.15, 0.2) is 0 Å². The van der Waals surface area contributed by atoms with Crippen LogP contribution >= 0.6 is 0 Å². The van der Waals surface area contributed by atoms with Gasteiger partial charge in [-0.25, -0.2) is 0 Å². The highest BCUT2D eigenvalue weighted by atomic mass is 16.5. The van der Waals surface area contributed by atoms with E-state index in [1.54, 1.807) is 18.2 Å². The number of nitrogens with two attached hydrogens (primary N) is 1. The van der Waals surface area contributed by atoms with Gasteiger partial charge in [0.25, 0.3) is 11.8 Å². The molecular formula is C19H22N4O5. The van der Waals surface area contributed by atoms with Gasteiger partial charge in [-0.15, -0.1) is 0 Å². The summed E-state index contributed by atoms with van der Waals surface area (Å²) in [5.41, 5.74) is 6.80. The molecule has 148 valence electrons. The predicted molar refractivity (Wildman–Crippen MR) is 97.2 cm³/mol. The van der Waals surface area contributed by atoms with E-state index in [0.717, 1.165) is 11.3 Å². The number of fused-ring (bicyclic) bond motifs is 1. The van der Waals surface area contributed by atoms with Crippen molar-refractivity contribution in [3.8, 4) is 0 Å². The summed E-state index contributed by atoms with van der Waals surface area (Å²) in [4.78, 5) is 50.5. The van der Waals surface area contributed by atoms with Crippen molar-refractivity contribution >= 4 is 23.6 Å². The molecule has 28 heavy (non-hydrogen) atoms. The fraction of sp³-hybridized carbons (Fsp3) is 0.474. The number of nitrogens with zero attached hydrogens (tertiary/aromatic N) is 1. The molecule has 4 amide bonds. The predicted octanol–water partition coefficient (Wildman–Crippen LogP) is -0.705. The first-order valence-electron chi connectivity index (χ1n) is 9.32. The van der Waals surface area contributed by atoms with Gasteiger partial charge in [0.05, 0.1) is 23.3 Å². The zero-order valence-electron chi connectivity index (χ0n) is 15.3. The van der Waals surface area contributed by atoms with Gasteiger partial charge in [0.2, 0.25) is 11.8 Å². The Morgan fingerprint density at radius 1 is 1.25 bits per heavy atom. The van der Waals surface area contributed by atoms with E-state index in [2.05, 4.69) is 10.6 Å². The van der Waals surface area contributed by atoms with Gasteiger partial charge in [0, 0.05) is 26.1 Å². The summed E-state index contributed by atoms with van der Waals surface area (Å²) < 4.78 is 5.44. The van der Waals surface area contributed by atoms with Crippen LogP contribution in [-0.2, 0) is 20.9 Å². The molecule has 0 spiro atoms. The largest absolute Gasteiger partial charge is 0.379 e. The minimum Gasteiger partial charge on any atom is -0.379 e. The Hall–Kier alpha value is -2.62. The van der Waals surface area contributed by atoms with Crippen molar-refractivity contribution in [2.24, 2.45) is 5.73 Å². The first-order chi connectivity index (χ1) is 13.5. The molecule has 1 aromatic carbocycles. The summed E-state index contributed by atoms with van der Waals surface area (Å²) in [7, 11) is 0. The highest BCUT2D eigenvalue weighted by Gasteiger charge is 2.45. The SMILES string of the molecule is NCC1(NCc2cccc3c2C(=O)N(C2CCC(=O)NC2=O)C3=O)CCOC1. The van der Waals surface area contributed by atoms with Gasteiger partial charge in [-0.2, -0.15) is 0 Å². The van der Waals surface area contributed by atoms with Crippen molar-refractivity contribution in [1.29, 1.82) is 0 Å². The second-order valence-electron chi connectivity index (χ2n) is 7.43. The lowest BCUT2D eigenvalue weighted by atomic mass is 9.97. The van der Waals surface area contributed by atoms with Gasteiger partial charge >= 0.3 is 0 Å². The van der Waals surface area contributed by atoms with Crippen molar-refractivity contribution in [1.82, 2.24) is 15.5 Å². The van der Waals surface area contributed by atoms with Gasteiger partial charge in [-0.05, 0) is 24.5 Å². The number of ether oxygens (including phenoxy) is 1. The first kappa shape index (κ1) is 18.7. The number of imide groups is 2. The molecule has 3 aliphatic heterocycles. The maximum absolute atomic E-state index is 13.1.